The molecular formula is C13H18F3NO. The molecule has 0 amide bonds. The maximum atomic E-state index is 12.6. The van der Waals surface area contributed by atoms with Crippen molar-refractivity contribution in [3.63, 3.8) is 0 Å². The number of anilines is 1. The second-order valence-corrected chi connectivity index (χ2v) is 4.43. The molecule has 0 aliphatic rings. The van der Waals surface area contributed by atoms with Crippen LogP contribution >= 0.6 is 0 Å². The molecule has 1 aromatic carbocycles. The van der Waals surface area contributed by atoms with Gasteiger partial charge in [-0.05, 0) is 31.0 Å². The number of halogens is 3. The molecule has 0 aliphatic carbocycles. The minimum Gasteiger partial charge on any atom is -0.385 e. The minimum absolute atomic E-state index is 0.156. The van der Waals surface area contributed by atoms with E-state index >= 15 is 0 Å². The molecular weight excluding hydrogens is 243 g/mol. The van der Waals surface area contributed by atoms with E-state index in [2.05, 4.69) is 12.2 Å². The van der Waals surface area contributed by atoms with Crippen molar-refractivity contribution in [3.05, 3.63) is 29.8 Å². The fraction of sp³-hybridized carbons (Fsp3) is 0.538. The Morgan fingerprint density at radius 2 is 1.72 bits per heavy atom. The molecule has 0 radical (unpaired) electrons. The molecule has 5 heteroatoms. The Kier molecular flexibility index (Phi) is 4.62. The van der Waals surface area contributed by atoms with Gasteiger partial charge >= 0.3 is 6.18 Å². The van der Waals surface area contributed by atoms with Gasteiger partial charge in [0, 0.05) is 12.2 Å². The van der Waals surface area contributed by atoms with Crippen molar-refractivity contribution >= 4 is 5.69 Å². The number of alkyl halides is 3. The highest BCUT2D eigenvalue weighted by Gasteiger charge is 2.50. The van der Waals surface area contributed by atoms with E-state index in [9.17, 15) is 18.3 Å². The molecule has 0 bridgehead atoms. The van der Waals surface area contributed by atoms with E-state index in [4.69, 9.17) is 0 Å². The van der Waals surface area contributed by atoms with Crippen molar-refractivity contribution in [2.45, 2.75) is 38.5 Å². The Morgan fingerprint density at radius 1 is 1.17 bits per heavy atom. The number of benzene rings is 1. The minimum atomic E-state index is -4.68. The van der Waals surface area contributed by atoms with Crippen LogP contribution < -0.4 is 5.32 Å². The lowest BCUT2D eigenvalue weighted by Gasteiger charge is -2.26. The van der Waals surface area contributed by atoms with Crippen LogP contribution in [0.15, 0.2) is 24.3 Å². The van der Waals surface area contributed by atoms with Gasteiger partial charge in [-0.3, -0.25) is 0 Å². The lowest BCUT2D eigenvalue weighted by atomic mass is 9.95. The molecule has 0 saturated heterocycles. The highest BCUT2D eigenvalue weighted by Crippen LogP contribution is 2.38. The van der Waals surface area contributed by atoms with Crippen LogP contribution in [-0.2, 0) is 5.60 Å². The zero-order chi connectivity index (χ0) is 13.8. The average Bonchev–Trinajstić information content (AvgIpc) is 2.28. The van der Waals surface area contributed by atoms with Gasteiger partial charge in [-0.1, -0.05) is 25.5 Å². The molecule has 1 unspecified atom stereocenters. The SMILES string of the molecule is CCCCNc1ccc(C(C)(O)C(F)(F)F)cc1. The van der Waals surface area contributed by atoms with E-state index in [-0.39, 0.29) is 5.56 Å². The highest BCUT2D eigenvalue weighted by molar-refractivity contribution is 5.45. The number of unbranched alkanes of at least 4 members (excludes halogenated alkanes) is 1. The van der Waals surface area contributed by atoms with Gasteiger partial charge in [0.25, 0.3) is 0 Å². The molecule has 2 N–H and O–H groups in total. The van der Waals surface area contributed by atoms with Gasteiger partial charge in [0.2, 0.25) is 0 Å². The molecule has 1 rings (SSSR count). The monoisotopic (exact) mass is 261 g/mol. The predicted molar refractivity (Wildman–Crippen MR) is 65.5 cm³/mol. The summed E-state index contributed by atoms with van der Waals surface area (Å²) in [4.78, 5) is 0. The lowest BCUT2D eigenvalue weighted by Crippen LogP contribution is -2.39. The first-order valence-corrected chi connectivity index (χ1v) is 5.92. The van der Waals surface area contributed by atoms with Crippen molar-refractivity contribution in [1.29, 1.82) is 0 Å². The number of rotatable bonds is 5. The fourth-order valence-electron chi connectivity index (χ4n) is 1.49. The van der Waals surface area contributed by atoms with Crippen LogP contribution in [0.3, 0.4) is 0 Å². The first-order chi connectivity index (χ1) is 8.29. The van der Waals surface area contributed by atoms with Gasteiger partial charge in [-0.15, -0.1) is 0 Å². The third-order valence-corrected chi connectivity index (χ3v) is 2.86. The highest BCUT2D eigenvalue weighted by atomic mass is 19.4. The normalized spacial score (nSPS) is 15.2. The van der Waals surface area contributed by atoms with Crippen LogP contribution in [0, 0.1) is 0 Å². The summed E-state index contributed by atoms with van der Waals surface area (Å²) in [6.07, 6.45) is -2.62. The first kappa shape index (κ1) is 14.8. The second-order valence-electron chi connectivity index (χ2n) is 4.43. The van der Waals surface area contributed by atoms with Crippen molar-refractivity contribution in [3.8, 4) is 0 Å². The van der Waals surface area contributed by atoms with E-state index in [0.717, 1.165) is 32.0 Å². The first-order valence-electron chi connectivity index (χ1n) is 5.92. The summed E-state index contributed by atoms with van der Waals surface area (Å²) in [6, 6.07) is 5.68. The van der Waals surface area contributed by atoms with E-state index in [1.807, 2.05) is 0 Å². The van der Waals surface area contributed by atoms with E-state index in [0.29, 0.717) is 0 Å². The molecule has 18 heavy (non-hydrogen) atoms. The van der Waals surface area contributed by atoms with Crippen molar-refractivity contribution < 1.29 is 18.3 Å². The van der Waals surface area contributed by atoms with Crippen LogP contribution in [0.4, 0.5) is 18.9 Å². The zero-order valence-electron chi connectivity index (χ0n) is 10.5. The Labute approximate surface area is 105 Å². The summed E-state index contributed by atoms with van der Waals surface area (Å²) < 4.78 is 37.8. The molecule has 0 saturated carbocycles. The molecule has 0 spiro atoms. The molecule has 0 aliphatic heterocycles. The van der Waals surface area contributed by atoms with Crippen molar-refractivity contribution in [1.82, 2.24) is 0 Å². The molecule has 2 nitrogen and oxygen atoms in total. The van der Waals surface area contributed by atoms with Crippen molar-refractivity contribution in [2.75, 3.05) is 11.9 Å². The summed E-state index contributed by atoms with van der Waals surface area (Å²) in [6.45, 7) is 3.60. The largest absolute Gasteiger partial charge is 0.421 e. The number of nitrogens with one attached hydrogen (secondary N) is 1. The van der Waals surface area contributed by atoms with E-state index in [1.165, 1.54) is 12.1 Å². The molecule has 102 valence electrons. The smallest absolute Gasteiger partial charge is 0.385 e. The van der Waals surface area contributed by atoms with Gasteiger partial charge in [-0.25, -0.2) is 0 Å². The summed E-state index contributed by atoms with van der Waals surface area (Å²) in [5, 5.41) is 12.6. The topological polar surface area (TPSA) is 32.3 Å². The Morgan fingerprint density at radius 3 is 2.17 bits per heavy atom. The van der Waals surface area contributed by atoms with Crippen LogP contribution in [0.1, 0.15) is 32.3 Å². The third kappa shape index (κ3) is 3.38. The summed E-state index contributed by atoms with van der Waals surface area (Å²) in [7, 11) is 0. The van der Waals surface area contributed by atoms with Gasteiger partial charge in [0.1, 0.15) is 0 Å². The van der Waals surface area contributed by atoms with Crippen LogP contribution in [-0.4, -0.2) is 17.8 Å². The lowest BCUT2D eigenvalue weighted by molar-refractivity contribution is -0.258. The standard InChI is InChI=1S/C13H18F3NO/c1-3-4-9-17-11-7-5-10(6-8-11)12(2,18)13(14,15)16/h5-8,17-18H,3-4,9H2,1-2H3. The molecule has 0 fully saturated rings. The second kappa shape index (κ2) is 5.61. The van der Waals surface area contributed by atoms with Gasteiger partial charge in [0.05, 0.1) is 0 Å². The Bertz CT molecular complexity index is 371. The maximum Gasteiger partial charge on any atom is 0.421 e. The molecule has 1 atom stereocenters. The fourth-order valence-corrected chi connectivity index (χ4v) is 1.49. The van der Waals surface area contributed by atoms with Crippen LogP contribution in [0.25, 0.3) is 0 Å². The summed E-state index contributed by atoms with van der Waals surface area (Å²) in [5.41, 5.74) is -2.21. The van der Waals surface area contributed by atoms with Gasteiger partial charge < -0.3 is 10.4 Å². The number of hydrogen-bond donors (Lipinski definition) is 2. The zero-order valence-corrected chi connectivity index (χ0v) is 10.5. The Hall–Kier alpha value is -1.23. The van der Waals surface area contributed by atoms with Crippen LogP contribution in [0.5, 0.6) is 0 Å². The van der Waals surface area contributed by atoms with Gasteiger partial charge in [0.15, 0.2) is 5.60 Å². The van der Waals surface area contributed by atoms with E-state index < -0.39 is 11.8 Å². The predicted octanol–water partition coefficient (Wildman–Crippen LogP) is 3.67. The Balaban J connectivity index is 2.77. The number of hydrogen-bond acceptors (Lipinski definition) is 2. The molecule has 0 heterocycles. The van der Waals surface area contributed by atoms with Gasteiger partial charge in [-0.2, -0.15) is 13.2 Å². The summed E-state index contributed by atoms with van der Waals surface area (Å²) in [5.74, 6) is 0. The quantitative estimate of drug-likeness (QED) is 0.793. The molecule has 1 aromatic rings. The van der Waals surface area contributed by atoms with E-state index in [1.54, 1.807) is 12.1 Å². The van der Waals surface area contributed by atoms with Crippen LogP contribution in [0.2, 0.25) is 0 Å². The maximum absolute atomic E-state index is 12.6. The number of aliphatic hydroxyl groups is 1. The molecule has 0 aromatic heterocycles. The third-order valence-electron chi connectivity index (χ3n) is 2.86. The average molecular weight is 261 g/mol. The summed E-state index contributed by atoms with van der Waals surface area (Å²) >= 11 is 0. The van der Waals surface area contributed by atoms with Crippen molar-refractivity contribution in [2.24, 2.45) is 0 Å².